The average molecular weight is 446 g/mol. The molecule has 0 bridgehead atoms. The van der Waals surface area contributed by atoms with Crippen molar-refractivity contribution < 1.29 is 9.53 Å². The second-order valence-corrected chi connectivity index (χ2v) is 9.19. The highest BCUT2D eigenvalue weighted by molar-refractivity contribution is 5.99. The molecule has 1 atom stereocenters. The summed E-state index contributed by atoms with van der Waals surface area (Å²) >= 11 is 0. The molecule has 0 saturated carbocycles. The lowest BCUT2D eigenvalue weighted by molar-refractivity contribution is 0.0955. The fourth-order valence-corrected chi connectivity index (χ4v) is 4.56. The summed E-state index contributed by atoms with van der Waals surface area (Å²) in [4.78, 5) is 16.3. The van der Waals surface area contributed by atoms with Crippen LogP contribution in [-0.2, 0) is 12.8 Å². The van der Waals surface area contributed by atoms with Crippen LogP contribution in [0.25, 0.3) is 10.9 Å². The lowest BCUT2D eigenvalue weighted by Gasteiger charge is -2.18. The Kier molecular flexibility index (Phi) is 7.82. The molecule has 1 aliphatic carbocycles. The number of fused-ring (bicyclic) bond motifs is 3. The summed E-state index contributed by atoms with van der Waals surface area (Å²) in [5, 5.41) is 5.36. The maximum absolute atomic E-state index is 12.7. The van der Waals surface area contributed by atoms with E-state index in [1.54, 1.807) is 6.21 Å². The van der Waals surface area contributed by atoms with Crippen molar-refractivity contribution in [1.29, 1.82) is 0 Å². The minimum atomic E-state index is -0.207. The fourth-order valence-electron chi connectivity index (χ4n) is 4.56. The number of aromatic nitrogens is 1. The lowest BCUT2D eigenvalue weighted by atomic mass is 9.87. The first-order valence-electron chi connectivity index (χ1n) is 12.3. The summed E-state index contributed by atoms with van der Waals surface area (Å²) < 4.78 is 5.95. The van der Waals surface area contributed by atoms with Crippen LogP contribution in [-0.4, -0.2) is 23.7 Å². The van der Waals surface area contributed by atoms with E-state index < -0.39 is 0 Å². The predicted molar refractivity (Wildman–Crippen MR) is 135 cm³/mol. The summed E-state index contributed by atoms with van der Waals surface area (Å²) in [6.07, 6.45) is 11.0. The number of unbranched alkanes of at least 4 members (excludes halogenated alkanes) is 4. The van der Waals surface area contributed by atoms with Gasteiger partial charge in [0.2, 0.25) is 0 Å². The number of rotatable bonds is 10. The van der Waals surface area contributed by atoms with Crippen LogP contribution < -0.4 is 10.2 Å². The third kappa shape index (κ3) is 5.84. The Morgan fingerprint density at radius 2 is 2.03 bits per heavy atom. The number of aromatic amines is 1. The summed E-state index contributed by atoms with van der Waals surface area (Å²) in [7, 11) is 0. The number of amides is 1. The number of nitrogens with one attached hydrogen (secondary N) is 2. The van der Waals surface area contributed by atoms with Crippen LogP contribution in [0.3, 0.4) is 0 Å². The molecule has 1 heterocycles. The molecule has 3 aromatic rings. The van der Waals surface area contributed by atoms with Crippen molar-refractivity contribution in [3.05, 3.63) is 64.8 Å². The topological polar surface area (TPSA) is 66.5 Å². The number of hydrogen-bond acceptors (Lipinski definition) is 3. The Balaban J connectivity index is 1.37. The molecule has 2 N–H and O–H groups in total. The first kappa shape index (κ1) is 23.1. The number of aryl methyl sites for hydroxylation is 1. The molecule has 1 aliphatic rings. The van der Waals surface area contributed by atoms with Crippen LogP contribution in [0, 0.1) is 5.92 Å². The number of ether oxygens (including phenoxy) is 1. The standard InChI is InChI=1S/C28H35N3O2/c1-3-4-5-6-9-16-33-27-11-8-7-10-22(27)19-29-31-28(32)21-13-15-26-24(18-21)23-17-20(2)12-14-25(23)30-26/h7-8,10-11,13,15,18-20,30H,3-6,9,12,14,16-17H2,1-2H3,(H,31,32)/b29-19-. The van der Waals surface area contributed by atoms with E-state index in [0.717, 1.165) is 41.5 Å². The molecule has 0 radical (unpaired) electrons. The van der Waals surface area contributed by atoms with Crippen molar-refractivity contribution in [2.45, 2.75) is 65.2 Å². The molecule has 0 aliphatic heterocycles. The van der Waals surface area contributed by atoms with Crippen molar-refractivity contribution in [1.82, 2.24) is 10.4 Å². The largest absolute Gasteiger partial charge is 0.493 e. The molecular formula is C28H35N3O2. The smallest absolute Gasteiger partial charge is 0.271 e. The third-order valence-electron chi connectivity index (χ3n) is 6.49. The second-order valence-electron chi connectivity index (χ2n) is 9.19. The van der Waals surface area contributed by atoms with Crippen LogP contribution in [0.2, 0.25) is 0 Å². The number of carbonyl (C=O) groups excluding carboxylic acids is 1. The van der Waals surface area contributed by atoms with Gasteiger partial charge in [-0.15, -0.1) is 0 Å². The number of para-hydroxylation sites is 1. The van der Waals surface area contributed by atoms with Gasteiger partial charge in [0.1, 0.15) is 5.75 Å². The Bertz CT molecular complexity index is 1120. The van der Waals surface area contributed by atoms with Crippen LogP contribution in [0.15, 0.2) is 47.6 Å². The highest BCUT2D eigenvalue weighted by Gasteiger charge is 2.20. The molecule has 0 saturated heterocycles. The molecule has 1 amide bonds. The van der Waals surface area contributed by atoms with Crippen LogP contribution in [0.1, 0.15) is 79.6 Å². The molecule has 0 spiro atoms. The minimum Gasteiger partial charge on any atom is -0.493 e. The third-order valence-corrected chi connectivity index (χ3v) is 6.49. The second kappa shape index (κ2) is 11.2. The fraction of sp³-hybridized carbons (Fsp3) is 0.429. The van der Waals surface area contributed by atoms with Gasteiger partial charge >= 0.3 is 0 Å². The quantitative estimate of drug-likeness (QED) is 0.215. The summed E-state index contributed by atoms with van der Waals surface area (Å²) in [5.74, 6) is 1.26. The monoisotopic (exact) mass is 445 g/mol. The van der Waals surface area contributed by atoms with Gasteiger partial charge in [0.15, 0.2) is 0 Å². The van der Waals surface area contributed by atoms with Crippen LogP contribution in [0.4, 0.5) is 0 Å². The minimum absolute atomic E-state index is 0.207. The Labute approximate surface area is 196 Å². The summed E-state index contributed by atoms with van der Waals surface area (Å²) in [5.41, 5.74) is 7.94. The van der Waals surface area contributed by atoms with Gasteiger partial charge in [-0.05, 0) is 67.5 Å². The number of nitrogens with zero attached hydrogens (tertiary/aromatic N) is 1. The van der Waals surface area contributed by atoms with Crippen molar-refractivity contribution in [3.8, 4) is 5.75 Å². The molecule has 0 fully saturated rings. The van der Waals surface area contributed by atoms with Crippen molar-refractivity contribution in [2.75, 3.05) is 6.61 Å². The van der Waals surface area contributed by atoms with Gasteiger partial charge in [0, 0.05) is 27.7 Å². The molecule has 33 heavy (non-hydrogen) atoms. The molecule has 5 nitrogen and oxygen atoms in total. The number of hydrazone groups is 1. The van der Waals surface area contributed by atoms with Crippen LogP contribution >= 0.6 is 0 Å². The van der Waals surface area contributed by atoms with E-state index in [-0.39, 0.29) is 5.91 Å². The van der Waals surface area contributed by atoms with E-state index in [9.17, 15) is 4.79 Å². The number of benzene rings is 2. The van der Waals surface area contributed by atoms with Gasteiger partial charge in [0.05, 0.1) is 12.8 Å². The van der Waals surface area contributed by atoms with E-state index in [4.69, 9.17) is 4.74 Å². The zero-order valence-corrected chi connectivity index (χ0v) is 19.8. The number of carbonyl (C=O) groups is 1. The first-order valence-corrected chi connectivity index (χ1v) is 12.3. The van der Waals surface area contributed by atoms with Gasteiger partial charge < -0.3 is 9.72 Å². The average Bonchev–Trinajstić information content (AvgIpc) is 3.19. The Morgan fingerprint density at radius 3 is 2.91 bits per heavy atom. The zero-order chi connectivity index (χ0) is 23.0. The molecule has 2 aromatic carbocycles. The zero-order valence-electron chi connectivity index (χ0n) is 19.8. The lowest BCUT2D eigenvalue weighted by Crippen LogP contribution is -2.17. The Morgan fingerprint density at radius 1 is 1.18 bits per heavy atom. The highest BCUT2D eigenvalue weighted by Crippen LogP contribution is 2.32. The maximum Gasteiger partial charge on any atom is 0.271 e. The van der Waals surface area contributed by atoms with E-state index in [0.29, 0.717) is 18.1 Å². The van der Waals surface area contributed by atoms with E-state index in [1.807, 2.05) is 42.5 Å². The molecule has 5 heteroatoms. The number of hydrogen-bond donors (Lipinski definition) is 2. The summed E-state index contributed by atoms with van der Waals surface area (Å²) in [6.45, 7) is 5.21. The van der Waals surface area contributed by atoms with E-state index in [1.165, 1.54) is 43.4 Å². The molecule has 1 unspecified atom stereocenters. The first-order chi connectivity index (χ1) is 16.2. The number of H-pyrrole nitrogens is 1. The Hall–Kier alpha value is -3.08. The van der Waals surface area contributed by atoms with E-state index >= 15 is 0 Å². The SMILES string of the molecule is CCCCCCCOc1ccccc1/C=N\NC(=O)c1ccc2[nH]c3c(c2c1)CC(C)CC3. The van der Waals surface area contributed by atoms with Crippen LogP contribution in [0.5, 0.6) is 5.75 Å². The van der Waals surface area contributed by atoms with Crippen molar-refractivity contribution >= 4 is 23.0 Å². The predicted octanol–water partition coefficient (Wildman–Crippen LogP) is 6.41. The van der Waals surface area contributed by atoms with Gasteiger partial charge in [-0.25, -0.2) is 5.43 Å². The highest BCUT2D eigenvalue weighted by atomic mass is 16.5. The van der Waals surface area contributed by atoms with Gasteiger partial charge in [-0.2, -0.15) is 5.10 Å². The van der Waals surface area contributed by atoms with Crippen molar-refractivity contribution in [2.24, 2.45) is 11.0 Å². The molecular weight excluding hydrogens is 410 g/mol. The maximum atomic E-state index is 12.7. The molecule has 174 valence electrons. The summed E-state index contributed by atoms with van der Waals surface area (Å²) in [6, 6.07) is 13.6. The van der Waals surface area contributed by atoms with Crippen molar-refractivity contribution in [3.63, 3.8) is 0 Å². The molecule has 1 aromatic heterocycles. The van der Waals surface area contributed by atoms with Gasteiger partial charge in [0.25, 0.3) is 5.91 Å². The normalized spacial score (nSPS) is 15.6. The van der Waals surface area contributed by atoms with Gasteiger partial charge in [-0.3, -0.25) is 4.79 Å². The molecule has 4 rings (SSSR count). The van der Waals surface area contributed by atoms with E-state index in [2.05, 4.69) is 29.4 Å². The van der Waals surface area contributed by atoms with Gasteiger partial charge in [-0.1, -0.05) is 51.7 Å².